The molecular weight excluding hydrogens is 486 g/mol. The van der Waals surface area contributed by atoms with Gasteiger partial charge in [-0.1, -0.05) is 78.3 Å². The van der Waals surface area contributed by atoms with Gasteiger partial charge in [-0.25, -0.2) is 0 Å². The van der Waals surface area contributed by atoms with Gasteiger partial charge in [0.15, 0.2) is 0 Å². The van der Waals surface area contributed by atoms with Crippen LogP contribution >= 0.6 is 11.6 Å². The van der Waals surface area contributed by atoms with Crippen LogP contribution in [0.1, 0.15) is 22.8 Å². The summed E-state index contributed by atoms with van der Waals surface area (Å²) in [6.45, 7) is 1.65. The number of rotatable bonds is 8. The number of hydrogen-bond donors (Lipinski definition) is 2. The Bertz CT molecular complexity index is 1400. The Morgan fingerprint density at radius 3 is 2.22 bits per heavy atom. The second kappa shape index (κ2) is 11.7. The van der Waals surface area contributed by atoms with Gasteiger partial charge in [0.25, 0.3) is 5.91 Å². The van der Waals surface area contributed by atoms with E-state index in [1.807, 2.05) is 66.7 Å². The van der Waals surface area contributed by atoms with Gasteiger partial charge in [-0.05, 0) is 53.6 Å². The van der Waals surface area contributed by atoms with Crippen LogP contribution in [0.3, 0.4) is 0 Å². The van der Waals surface area contributed by atoms with Crippen molar-refractivity contribution in [3.8, 4) is 0 Å². The molecule has 0 fully saturated rings. The molecule has 4 aromatic rings. The number of benzene rings is 4. The van der Waals surface area contributed by atoms with E-state index in [0.717, 1.165) is 16.3 Å². The van der Waals surface area contributed by atoms with Gasteiger partial charge in [-0.15, -0.1) is 0 Å². The van der Waals surface area contributed by atoms with Gasteiger partial charge in [0.1, 0.15) is 12.1 Å². The maximum Gasteiger partial charge on any atom is 0.252 e. The van der Waals surface area contributed by atoms with Gasteiger partial charge in [0.05, 0.1) is 0 Å². The van der Waals surface area contributed by atoms with Gasteiger partial charge in [0.2, 0.25) is 11.8 Å². The fraction of sp³-hybridized carbons (Fsp3) is 0.167. The van der Waals surface area contributed by atoms with Crippen molar-refractivity contribution in [2.75, 3.05) is 12.4 Å². The molecule has 0 saturated heterocycles. The molecule has 0 bridgehead atoms. The Hall–Kier alpha value is -4.16. The van der Waals surface area contributed by atoms with Gasteiger partial charge in [-0.2, -0.15) is 0 Å². The summed E-state index contributed by atoms with van der Waals surface area (Å²) >= 11 is 6.03. The van der Waals surface area contributed by atoms with E-state index in [-0.39, 0.29) is 24.1 Å². The Morgan fingerprint density at radius 2 is 1.49 bits per heavy atom. The van der Waals surface area contributed by atoms with E-state index in [4.69, 9.17) is 11.6 Å². The second-order valence-electron chi connectivity index (χ2n) is 8.86. The van der Waals surface area contributed by atoms with Crippen molar-refractivity contribution in [1.29, 1.82) is 0 Å². The van der Waals surface area contributed by atoms with Crippen LogP contribution in [0.15, 0.2) is 97.1 Å². The third-order valence-corrected chi connectivity index (χ3v) is 6.59. The van der Waals surface area contributed by atoms with Crippen molar-refractivity contribution in [2.24, 2.45) is 0 Å². The second-order valence-corrected chi connectivity index (χ2v) is 9.30. The molecule has 0 spiro atoms. The van der Waals surface area contributed by atoms with E-state index in [9.17, 15) is 14.4 Å². The maximum absolute atomic E-state index is 13.6. The number of nitrogens with one attached hydrogen (secondary N) is 2. The predicted molar refractivity (Wildman–Crippen MR) is 148 cm³/mol. The molecule has 0 saturated carbocycles. The molecular formula is C30H28ClN3O3. The molecule has 3 amide bonds. The van der Waals surface area contributed by atoms with Crippen LogP contribution in [0.25, 0.3) is 10.8 Å². The van der Waals surface area contributed by atoms with Gasteiger partial charge >= 0.3 is 0 Å². The molecule has 0 aliphatic carbocycles. The number of amides is 3. The number of halogens is 1. The lowest BCUT2D eigenvalue weighted by atomic mass is 10.0. The number of likely N-dealkylation sites (N-methyl/N-ethyl adjacent to an activating group) is 1. The zero-order valence-corrected chi connectivity index (χ0v) is 21.4. The number of carbonyl (C=O) groups excluding carboxylic acids is 3. The van der Waals surface area contributed by atoms with Crippen LogP contribution in [0.5, 0.6) is 0 Å². The van der Waals surface area contributed by atoms with Crippen molar-refractivity contribution in [2.45, 2.75) is 25.4 Å². The quantitative estimate of drug-likeness (QED) is 0.335. The lowest BCUT2D eigenvalue weighted by Gasteiger charge is -2.29. The van der Waals surface area contributed by atoms with Crippen LogP contribution in [0.4, 0.5) is 5.69 Å². The molecule has 0 heterocycles. The average molecular weight is 514 g/mol. The van der Waals surface area contributed by atoms with Crippen molar-refractivity contribution < 1.29 is 14.4 Å². The molecule has 4 aromatic carbocycles. The third kappa shape index (κ3) is 6.35. The standard InChI is InChI=1S/C30H28ClN3O3/c1-20(28(35)32-24-11-4-3-5-12-24)34(2)30(37)27(19-21-15-17-23(31)18-16-21)33-29(36)26-14-8-10-22-9-6-7-13-25(22)26/h3-18,20,27H,19H2,1-2H3,(H,32,35)(H,33,36)/t20?,27-/m1/s1. The highest BCUT2D eigenvalue weighted by molar-refractivity contribution is 6.30. The zero-order valence-electron chi connectivity index (χ0n) is 20.6. The highest BCUT2D eigenvalue weighted by Gasteiger charge is 2.30. The average Bonchev–Trinajstić information content (AvgIpc) is 2.92. The van der Waals surface area contributed by atoms with Crippen LogP contribution in [-0.4, -0.2) is 41.8 Å². The molecule has 4 rings (SSSR count). The van der Waals surface area contributed by atoms with Crippen LogP contribution in [0.2, 0.25) is 5.02 Å². The minimum Gasteiger partial charge on any atom is -0.340 e. The fourth-order valence-corrected chi connectivity index (χ4v) is 4.22. The summed E-state index contributed by atoms with van der Waals surface area (Å²) in [7, 11) is 1.57. The summed E-state index contributed by atoms with van der Waals surface area (Å²) in [4.78, 5) is 41.3. The van der Waals surface area contributed by atoms with Crippen molar-refractivity contribution in [3.05, 3.63) is 113 Å². The van der Waals surface area contributed by atoms with Crippen molar-refractivity contribution >= 4 is 45.8 Å². The SMILES string of the molecule is CC(C(=O)Nc1ccccc1)N(C)C(=O)[C@@H](Cc1ccc(Cl)cc1)NC(=O)c1cccc2ccccc12. The van der Waals surface area contributed by atoms with Crippen LogP contribution in [0, 0.1) is 0 Å². The van der Waals surface area contributed by atoms with E-state index in [0.29, 0.717) is 16.3 Å². The number of fused-ring (bicyclic) bond motifs is 1. The first-order chi connectivity index (χ1) is 17.8. The molecule has 0 aromatic heterocycles. The normalized spacial score (nSPS) is 12.4. The summed E-state index contributed by atoms with van der Waals surface area (Å²) < 4.78 is 0. The molecule has 6 nitrogen and oxygen atoms in total. The van der Waals surface area contributed by atoms with Gasteiger partial charge < -0.3 is 15.5 Å². The van der Waals surface area contributed by atoms with Crippen LogP contribution < -0.4 is 10.6 Å². The molecule has 0 aliphatic heterocycles. The summed E-state index contributed by atoms with van der Waals surface area (Å²) in [6, 6.07) is 27.6. The van der Waals surface area contributed by atoms with Gasteiger partial charge in [0, 0.05) is 29.7 Å². The summed E-state index contributed by atoms with van der Waals surface area (Å²) in [5.74, 6) is -1.06. The monoisotopic (exact) mass is 513 g/mol. The largest absolute Gasteiger partial charge is 0.340 e. The number of carbonyl (C=O) groups is 3. The first-order valence-corrected chi connectivity index (χ1v) is 12.4. The maximum atomic E-state index is 13.6. The molecule has 2 N–H and O–H groups in total. The van der Waals surface area contributed by atoms with E-state index < -0.39 is 12.1 Å². The van der Waals surface area contributed by atoms with Crippen LogP contribution in [-0.2, 0) is 16.0 Å². The Labute approximate surface area is 221 Å². The highest BCUT2D eigenvalue weighted by Crippen LogP contribution is 2.19. The molecule has 37 heavy (non-hydrogen) atoms. The summed E-state index contributed by atoms with van der Waals surface area (Å²) in [5, 5.41) is 8.05. The minimum absolute atomic E-state index is 0.240. The minimum atomic E-state index is -0.899. The Kier molecular flexibility index (Phi) is 8.21. The number of hydrogen-bond acceptors (Lipinski definition) is 3. The predicted octanol–water partition coefficient (Wildman–Crippen LogP) is 5.32. The lowest BCUT2D eigenvalue weighted by Crippen LogP contribution is -2.53. The molecule has 7 heteroatoms. The first kappa shape index (κ1) is 25.9. The van der Waals surface area contributed by atoms with Crippen molar-refractivity contribution in [3.63, 3.8) is 0 Å². The Balaban J connectivity index is 1.57. The fourth-order valence-electron chi connectivity index (χ4n) is 4.10. The van der Waals surface area contributed by atoms with E-state index in [1.165, 1.54) is 4.90 Å². The zero-order chi connectivity index (χ0) is 26.4. The summed E-state index contributed by atoms with van der Waals surface area (Å²) in [6.07, 6.45) is 0.240. The van der Waals surface area contributed by atoms with Crippen molar-refractivity contribution in [1.82, 2.24) is 10.2 Å². The number of anilines is 1. The molecule has 2 atom stereocenters. The van der Waals surface area contributed by atoms with E-state index >= 15 is 0 Å². The number of nitrogens with zero attached hydrogens (tertiary/aromatic N) is 1. The smallest absolute Gasteiger partial charge is 0.252 e. The molecule has 0 radical (unpaired) electrons. The van der Waals surface area contributed by atoms with E-state index in [1.54, 1.807) is 44.3 Å². The highest BCUT2D eigenvalue weighted by atomic mass is 35.5. The third-order valence-electron chi connectivity index (χ3n) is 6.34. The Morgan fingerprint density at radius 1 is 0.838 bits per heavy atom. The van der Waals surface area contributed by atoms with Gasteiger partial charge in [-0.3, -0.25) is 14.4 Å². The molecule has 1 unspecified atom stereocenters. The molecule has 188 valence electrons. The first-order valence-electron chi connectivity index (χ1n) is 12.0. The molecule has 0 aliphatic rings. The van der Waals surface area contributed by atoms with E-state index in [2.05, 4.69) is 10.6 Å². The number of para-hydroxylation sites is 1. The lowest BCUT2D eigenvalue weighted by molar-refractivity contribution is -0.138. The topological polar surface area (TPSA) is 78.5 Å². The summed E-state index contributed by atoms with van der Waals surface area (Å²) in [5.41, 5.74) is 1.95.